The number of rotatable bonds is 4. The van der Waals surface area contributed by atoms with Gasteiger partial charge in [0.25, 0.3) is 5.22 Å². The fourth-order valence-corrected chi connectivity index (χ4v) is 2.00. The maximum absolute atomic E-state index is 11.4. The largest absolute Gasteiger partial charge is 0.439 e. The van der Waals surface area contributed by atoms with Crippen molar-refractivity contribution >= 4 is 17.5 Å². The highest BCUT2D eigenvalue weighted by atomic mass is 32.2. The number of carbonyl (C=O) groups excluding carboxylic acids is 1. The van der Waals surface area contributed by atoms with Gasteiger partial charge in [0.2, 0.25) is 0 Å². The molecule has 88 valence electrons. The molecule has 0 atom stereocenters. The third-order valence-electron chi connectivity index (χ3n) is 2.15. The minimum absolute atomic E-state index is 0.0496. The molecule has 17 heavy (non-hydrogen) atoms. The minimum atomic E-state index is 0.0496. The Balaban J connectivity index is 2.10. The summed E-state index contributed by atoms with van der Waals surface area (Å²) in [5.41, 5.74) is 1.35. The summed E-state index contributed by atoms with van der Waals surface area (Å²) in [6.07, 6.45) is 3.73. The van der Waals surface area contributed by atoms with Gasteiger partial charge in [0, 0.05) is 17.5 Å². The maximum atomic E-state index is 11.4. The molecule has 4 nitrogen and oxygen atoms in total. The Kier molecular flexibility index (Phi) is 3.58. The van der Waals surface area contributed by atoms with Crippen LogP contribution in [0, 0.1) is 6.92 Å². The van der Waals surface area contributed by atoms with Gasteiger partial charge < -0.3 is 4.42 Å². The Morgan fingerprint density at radius 2 is 2.29 bits per heavy atom. The van der Waals surface area contributed by atoms with Gasteiger partial charge >= 0.3 is 0 Å². The molecule has 2 aromatic rings. The van der Waals surface area contributed by atoms with Gasteiger partial charge in [-0.2, -0.15) is 0 Å². The first-order valence-corrected chi connectivity index (χ1v) is 6.10. The van der Waals surface area contributed by atoms with Gasteiger partial charge in [0.05, 0.1) is 5.69 Å². The fraction of sp³-hybridized carbons (Fsp3) is 0.250. The predicted molar refractivity (Wildman–Crippen MR) is 64.2 cm³/mol. The molecule has 2 aromatic heterocycles. The van der Waals surface area contributed by atoms with Crippen LogP contribution in [0.3, 0.4) is 0 Å². The highest BCUT2D eigenvalue weighted by molar-refractivity contribution is 7.99. The van der Waals surface area contributed by atoms with Crippen molar-refractivity contribution in [1.29, 1.82) is 0 Å². The lowest BCUT2D eigenvalue weighted by molar-refractivity contribution is 0.0983. The Labute approximate surface area is 103 Å². The fourth-order valence-electron chi connectivity index (χ4n) is 1.27. The van der Waals surface area contributed by atoms with E-state index >= 15 is 0 Å². The van der Waals surface area contributed by atoms with Crippen LogP contribution in [0.5, 0.6) is 0 Å². The molecule has 2 heterocycles. The lowest BCUT2D eigenvalue weighted by Crippen LogP contribution is -1.99. The molecule has 0 amide bonds. The molecule has 0 saturated carbocycles. The van der Waals surface area contributed by atoms with Crippen molar-refractivity contribution in [3.63, 3.8) is 0 Å². The number of Topliss-reactive ketones (excluding diaryl/α,β-unsaturated/α-hetero) is 1. The van der Waals surface area contributed by atoms with E-state index in [2.05, 4.69) is 9.97 Å². The molecule has 0 aliphatic carbocycles. The van der Waals surface area contributed by atoms with Crippen LogP contribution in [-0.4, -0.2) is 15.8 Å². The van der Waals surface area contributed by atoms with Crippen molar-refractivity contribution in [2.24, 2.45) is 0 Å². The Morgan fingerprint density at radius 3 is 2.82 bits per heavy atom. The monoisotopic (exact) mass is 248 g/mol. The molecule has 0 fully saturated rings. The number of hydrogen-bond donors (Lipinski definition) is 0. The van der Waals surface area contributed by atoms with Gasteiger partial charge in [-0.25, -0.2) is 4.98 Å². The van der Waals surface area contributed by atoms with Gasteiger partial charge in [-0.05, 0) is 30.8 Å². The van der Waals surface area contributed by atoms with E-state index in [1.54, 1.807) is 18.5 Å². The summed E-state index contributed by atoms with van der Waals surface area (Å²) in [5.74, 6) is 0.0496. The van der Waals surface area contributed by atoms with E-state index in [4.69, 9.17) is 4.42 Å². The number of aromatic nitrogens is 2. The summed E-state index contributed by atoms with van der Waals surface area (Å²) in [4.78, 5) is 20.6. The van der Waals surface area contributed by atoms with Crippen molar-refractivity contribution in [2.75, 3.05) is 0 Å². The highest BCUT2D eigenvalue weighted by Crippen LogP contribution is 2.26. The number of carbonyl (C=O) groups is 1. The van der Waals surface area contributed by atoms with Crippen LogP contribution < -0.4 is 0 Å². The molecule has 0 bridgehead atoms. The molecule has 0 aliphatic rings. The second kappa shape index (κ2) is 5.14. The quantitative estimate of drug-likeness (QED) is 0.778. The summed E-state index contributed by atoms with van der Waals surface area (Å²) in [7, 11) is 0. The van der Waals surface area contributed by atoms with Crippen LogP contribution in [0.1, 0.15) is 29.5 Å². The normalized spacial score (nSPS) is 10.5. The van der Waals surface area contributed by atoms with Crippen LogP contribution >= 0.6 is 11.8 Å². The SMILES string of the molecule is CCC(=O)c1ccc(Sc2nc(C)co2)cn1. The molecule has 2 rings (SSSR count). The summed E-state index contributed by atoms with van der Waals surface area (Å²) < 4.78 is 5.22. The average Bonchev–Trinajstić information content (AvgIpc) is 2.75. The number of aryl methyl sites for hydroxylation is 1. The van der Waals surface area contributed by atoms with E-state index < -0.39 is 0 Å². The summed E-state index contributed by atoms with van der Waals surface area (Å²) in [6.45, 7) is 3.69. The molecule has 0 aromatic carbocycles. The highest BCUT2D eigenvalue weighted by Gasteiger charge is 2.07. The Hall–Kier alpha value is -1.62. The van der Waals surface area contributed by atoms with E-state index in [-0.39, 0.29) is 5.78 Å². The first-order valence-electron chi connectivity index (χ1n) is 5.28. The summed E-state index contributed by atoms with van der Waals surface area (Å²) in [5, 5.41) is 0.582. The molecule has 0 unspecified atom stereocenters. The molecule has 0 aliphatic heterocycles. The zero-order chi connectivity index (χ0) is 12.3. The molecule has 0 saturated heterocycles. The third-order valence-corrected chi connectivity index (χ3v) is 2.99. The molecule has 0 radical (unpaired) electrons. The molecular weight excluding hydrogens is 236 g/mol. The molecule has 0 N–H and O–H groups in total. The number of hydrogen-bond acceptors (Lipinski definition) is 5. The number of ketones is 1. The molecular formula is C12H12N2O2S. The van der Waals surface area contributed by atoms with E-state index in [0.29, 0.717) is 17.3 Å². The number of pyridine rings is 1. The lowest BCUT2D eigenvalue weighted by atomic mass is 10.2. The second-order valence-corrected chi connectivity index (χ2v) is 4.54. The smallest absolute Gasteiger partial charge is 0.260 e. The van der Waals surface area contributed by atoms with E-state index in [1.807, 2.05) is 19.9 Å². The molecule has 5 heteroatoms. The predicted octanol–water partition coefficient (Wildman–Crippen LogP) is 3.12. The van der Waals surface area contributed by atoms with Crippen LogP contribution in [0.15, 0.2) is 39.1 Å². The van der Waals surface area contributed by atoms with Crippen LogP contribution in [0.2, 0.25) is 0 Å². The van der Waals surface area contributed by atoms with Crippen molar-refractivity contribution in [2.45, 2.75) is 30.4 Å². The minimum Gasteiger partial charge on any atom is -0.439 e. The molecule has 0 spiro atoms. The Morgan fingerprint density at radius 1 is 1.47 bits per heavy atom. The first-order chi connectivity index (χ1) is 8.19. The number of oxazole rings is 1. The van der Waals surface area contributed by atoms with Crippen molar-refractivity contribution in [3.05, 3.63) is 36.0 Å². The third kappa shape index (κ3) is 2.94. The topological polar surface area (TPSA) is 56.0 Å². The second-order valence-electron chi connectivity index (χ2n) is 3.51. The van der Waals surface area contributed by atoms with Crippen molar-refractivity contribution < 1.29 is 9.21 Å². The zero-order valence-electron chi connectivity index (χ0n) is 9.64. The Bertz CT molecular complexity index is 520. The summed E-state index contributed by atoms with van der Waals surface area (Å²) in [6, 6.07) is 3.57. The van der Waals surface area contributed by atoms with Crippen molar-refractivity contribution in [3.8, 4) is 0 Å². The number of nitrogens with zero attached hydrogens (tertiary/aromatic N) is 2. The summed E-state index contributed by atoms with van der Waals surface area (Å²) >= 11 is 1.38. The van der Waals surface area contributed by atoms with Gasteiger partial charge in [-0.15, -0.1) is 0 Å². The van der Waals surface area contributed by atoms with Gasteiger partial charge in [-0.1, -0.05) is 6.92 Å². The van der Waals surface area contributed by atoms with Gasteiger partial charge in [0.15, 0.2) is 5.78 Å². The van der Waals surface area contributed by atoms with E-state index in [0.717, 1.165) is 10.6 Å². The maximum Gasteiger partial charge on any atom is 0.260 e. The van der Waals surface area contributed by atoms with E-state index in [9.17, 15) is 4.79 Å². The van der Waals surface area contributed by atoms with Gasteiger partial charge in [0.1, 0.15) is 12.0 Å². The first kappa shape index (κ1) is 11.9. The van der Waals surface area contributed by atoms with E-state index in [1.165, 1.54) is 11.8 Å². The van der Waals surface area contributed by atoms with Crippen LogP contribution in [0.4, 0.5) is 0 Å². The standard InChI is InChI=1S/C12H12N2O2S/c1-3-11(15)10-5-4-9(6-13-10)17-12-14-8(2)7-16-12/h4-7H,3H2,1-2H3. The van der Waals surface area contributed by atoms with Gasteiger partial charge in [-0.3, -0.25) is 9.78 Å². The van der Waals surface area contributed by atoms with Crippen molar-refractivity contribution in [1.82, 2.24) is 9.97 Å². The van der Waals surface area contributed by atoms with Crippen LogP contribution in [0.25, 0.3) is 0 Å². The van der Waals surface area contributed by atoms with Crippen LogP contribution in [-0.2, 0) is 0 Å². The zero-order valence-corrected chi connectivity index (χ0v) is 10.5. The lowest BCUT2D eigenvalue weighted by Gasteiger charge is -1.99. The average molecular weight is 248 g/mol.